The summed E-state index contributed by atoms with van der Waals surface area (Å²) < 4.78 is 4.21. The fourth-order valence-corrected chi connectivity index (χ4v) is 2.60. The van der Waals surface area contributed by atoms with Gasteiger partial charge in [-0.15, -0.1) is 0 Å². The van der Waals surface area contributed by atoms with E-state index in [4.69, 9.17) is 5.73 Å². The number of rotatable bonds is 5. The lowest BCUT2D eigenvalue weighted by molar-refractivity contribution is 1.12. The topological polar surface area (TPSA) is 50.9 Å². The molecule has 0 radical (unpaired) electrons. The summed E-state index contributed by atoms with van der Waals surface area (Å²) in [7, 11) is 0. The Kier molecular flexibility index (Phi) is 3.18. The second kappa shape index (κ2) is 4.40. The van der Waals surface area contributed by atoms with Crippen LogP contribution >= 0.6 is 23.3 Å². The van der Waals surface area contributed by atoms with Crippen LogP contribution in [0.3, 0.4) is 0 Å². The van der Waals surface area contributed by atoms with Gasteiger partial charge in [0.2, 0.25) is 0 Å². The molecule has 14 heavy (non-hydrogen) atoms. The zero-order valence-corrected chi connectivity index (χ0v) is 9.88. The van der Waals surface area contributed by atoms with Gasteiger partial charge in [0.05, 0.1) is 0 Å². The molecule has 1 aromatic rings. The molecule has 1 aliphatic rings. The van der Waals surface area contributed by atoms with Crippen molar-refractivity contribution in [2.75, 3.05) is 29.6 Å². The maximum atomic E-state index is 5.84. The highest BCUT2D eigenvalue weighted by Gasteiger charge is 2.30. The third-order valence-corrected chi connectivity index (χ3v) is 3.78. The van der Waals surface area contributed by atoms with Gasteiger partial charge in [-0.25, -0.2) is 0 Å². The van der Waals surface area contributed by atoms with E-state index in [1.165, 1.54) is 34.9 Å². The molecule has 0 spiro atoms. The van der Waals surface area contributed by atoms with Crippen LogP contribution in [0, 0.1) is 0 Å². The van der Waals surface area contributed by atoms with Crippen LogP contribution in [0.4, 0.5) is 10.8 Å². The quantitative estimate of drug-likeness (QED) is 0.761. The smallest absolute Gasteiger partial charge is 0.142 e. The summed E-state index contributed by atoms with van der Waals surface area (Å²) in [4.78, 5) is 0. The summed E-state index contributed by atoms with van der Waals surface area (Å²) in [6.45, 7) is 1.00. The Hall–Kier alpha value is -0.420. The summed E-state index contributed by atoms with van der Waals surface area (Å²) in [5.74, 6) is 2.55. The van der Waals surface area contributed by atoms with Gasteiger partial charge in [-0.2, -0.15) is 16.1 Å². The summed E-state index contributed by atoms with van der Waals surface area (Å²) in [6.07, 6.45) is 4.67. The Morgan fingerprint density at radius 1 is 1.64 bits per heavy atom. The number of nitrogens with two attached hydrogens (primary N) is 1. The predicted molar refractivity (Wildman–Crippen MR) is 65.4 cm³/mol. The van der Waals surface area contributed by atoms with Gasteiger partial charge in [-0.1, -0.05) is 0 Å². The highest BCUT2D eigenvalue weighted by Crippen LogP contribution is 2.47. The SMILES string of the molecule is CSCCNc1snc(N)c1C1CC1. The van der Waals surface area contributed by atoms with Crippen molar-refractivity contribution in [2.24, 2.45) is 0 Å². The van der Waals surface area contributed by atoms with Crippen molar-refractivity contribution in [2.45, 2.75) is 18.8 Å². The zero-order valence-electron chi connectivity index (χ0n) is 8.25. The molecule has 0 aliphatic heterocycles. The fourth-order valence-electron chi connectivity index (χ4n) is 1.47. The van der Waals surface area contributed by atoms with Gasteiger partial charge in [0.15, 0.2) is 0 Å². The van der Waals surface area contributed by atoms with Gasteiger partial charge >= 0.3 is 0 Å². The lowest BCUT2D eigenvalue weighted by Crippen LogP contribution is -2.04. The summed E-state index contributed by atoms with van der Waals surface area (Å²) in [5, 5.41) is 4.61. The molecule has 1 fully saturated rings. The average molecular weight is 229 g/mol. The minimum atomic E-state index is 0.686. The molecule has 1 aromatic heterocycles. The molecule has 3 N–H and O–H groups in total. The molecule has 3 nitrogen and oxygen atoms in total. The summed E-state index contributed by atoms with van der Waals surface area (Å²) >= 11 is 3.35. The van der Waals surface area contributed by atoms with Crippen molar-refractivity contribution in [1.82, 2.24) is 4.37 Å². The van der Waals surface area contributed by atoms with Crippen LogP contribution in [0.25, 0.3) is 0 Å². The van der Waals surface area contributed by atoms with Crippen molar-refractivity contribution in [3.05, 3.63) is 5.56 Å². The fraction of sp³-hybridized carbons (Fsp3) is 0.667. The molecule has 1 aliphatic carbocycles. The number of hydrogen-bond acceptors (Lipinski definition) is 5. The van der Waals surface area contributed by atoms with Crippen molar-refractivity contribution in [3.8, 4) is 0 Å². The van der Waals surface area contributed by atoms with Crippen molar-refractivity contribution in [3.63, 3.8) is 0 Å². The Morgan fingerprint density at radius 2 is 2.43 bits per heavy atom. The summed E-state index contributed by atoms with van der Waals surface area (Å²) in [5.41, 5.74) is 7.11. The van der Waals surface area contributed by atoms with Crippen molar-refractivity contribution in [1.29, 1.82) is 0 Å². The van der Waals surface area contributed by atoms with Gasteiger partial charge in [0.1, 0.15) is 10.8 Å². The van der Waals surface area contributed by atoms with Crippen LogP contribution in [0.2, 0.25) is 0 Å². The van der Waals surface area contributed by atoms with E-state index in [9.17, 15) is 0 Å². The molecule has 0 saturated heterocycles. The maximum Gasteiger partial charge on any atom is 0.142 e. The third-order valence-electron chi connectivity index (χ3n) is 2.33. The predicted octanol–water partition coefficient (Wildman–Crippen LogP) is 2.38. The standard InChI is InChI=1S/C9H15N3S2/c1-13-5-4-11-9-7(6-2-3-6)8(10)12-14-9/h6,11H,2-5H2,1H3,(H2,10,12). The van der Waals surface area contributed by atoms with E-state index in [-0.39, 0.29) is 0 Å². The highest BCUT2D eigenvalue weighted by molar-refractivity contribution is 7.98. The lowest BCUT2D eigenvalue weighted by atomic mass is 10.2. The Balaban J connectivity index is 2.01. The molecule has 1 heterocycles. The molecular weight excluding hydrogens is 214 g/mol. The first-order chi connectivity index (χ1) is 6.83. The first-order valence-electron chi connectivity index (χ1n) is 4.80. The Morgan fingerprint density at radius 3 is 3.07 bits per heavy atom. The van der Waals surface area contributed by atoms with Gasteiger partial charge < -0.3 is 11.1 Å². The maximum absolute atomic E-state index is 5.84. The molecule has 0 bridgehead atoms. The number of thioether (sulfide) groups is 1. The monoisotopic (exact) mass is 229 g/mol. The molecule has 1 saturated carbocycles. The average Bonchev–Trinajstić information content (AvgIpc) is 2.93. The molecule has 78 valence electrons. The van der Waals surface area contributed by atoms with Crippen LogP contribution in [0.5, 0.6) is 0 Å². The van der Waals surface area contributed by atoms with Gasteiger partial charge in [-0.05, 0) is 36.5 Å². The minimum absolute atomic E-state index is 0.686. The van der Waals surface area contributed by atoms with Crippen molar-refractivity contribution >= 4 is 34.1 Å². The first kappa shape index (κ1) is 10.1. The lowest BCUT2D eigenvalue weighted by Gasteiger charge is -2.04. The number of nitrogens with one attached hydrogen (secondary N) is 1. The molecule has 0 amide bonds. The first-order valence-corrected chi connectivity index (χ1v) is 6.97. The van der Waals surface area contributed by atoms with E-state index >= 15 is 0 Å². The van der Waals surface area contributed by atoms with E-state index in [0.717, 1.165) is 18.1 Å². The Bertz CT molecular complexity index is 307. The van der Waals surface area contributed by atoms with E-state index in [1.807, 2.05) is 11.8 Å². The molecule has 0 aromatic carbocycles. The second-order valence-corrected chi connectivity index (χ2v) is 5.26. The number of aromatic nitrogens is 1. The van der Waals surface area contributed by atoms with E-state index in [1.54, 1.807) is 0 Å². The third kappa shape index (κ3) is 2.15. The molecule has 0 unspecified atom stereocenters. The number of hydrogen-bond donors (Lipinski definition) is 2. The summed E-state index contributed by atoms with van der Waals surface area (Å²) in [6, 6.07) is 0. The molecule has 0 atom stereocenters. The minimum Gasteiger partial charge on any atom is -0.383 e. The van der Waals surface area contributed by atoms with Crippen LogP contribution < -0.4 is 11.1 Å². The van der Waals surface area contributed by atoms with Gasteiger partial charge in [-0.3, -0.25) is 0 Å². The second-order valence-electron chi connectivity index (χ2n) is 3.50. The molecule has 2 rings (SSSR count). The largest absolute Gasteiger partial charge is 0.383 e. The van der Waals surface area contributed by atoms with E-state index < -0.39 is 0 Å². The normalized spacial score (nSPS) is 15.8. The van der Waals surface area contributed by atoms with Crippen molar-refractivity contribution < 1.29 is 0 Å². The zero-order chi connectivity index (χ0) is 9.97. The number of nitrogens with zero attached hydrogens (tertiary/aromatic N) is 1. The Labute approximate surface area is 92.6 Å². The van der Waals surface area contributed by atoms with Crippen LogP contribution in [0.1, 0.15) is 24.3 Å². The number of anilines is 2. The highest BCUT2D eigenvalue weighted by atomic mass is 32.2. The van der Waals surface area contributed by atoms with Gasteiger partial charge in [0.25, 0.3) is 0 Å². The van der Waals surface area contributed by atoms with E-state index in [0.29, 0.717) is 5.92 Å². The number of nitrogen functional groups attached to an aromatic ring is 1. The van der Waals surface area contributed by atoms with Crippen LogP contribution in [-0.2, 0) is 0 Å². The van der Waals surface area contributed by atoms with Crippen LogP contribution in [0.15, 0.2) is 0 Å². The molecular formula is C9H15N3S2. The molecule has 5 heteroatoms. The van der Waals surface area contributed by atoms with E-state index in [2.05, 4.69) is 15.9 Å². The van der Waals surface area contributed by atoms with Gasteiger partial charge in [0, 0.05) is 17.9 Å². The van der Waals surface area contributed by atoms with Crippen LogP contribution in [-0.4, -0.2) is 22.9 Å².